The molecule has 46 heavy (non-hydrogen) atoms. The molecule has 0 atom stereocenters. The van der Waals surface area contributed by atoms with Gasteiger partial charge in [0, 0.05) is 0 Å². The second-order valence-corrected chi connectivity index (χ2v) is 13.1. The Morgan fingerprint density at radius 1 is 0.348 bits per heavy atom. The molecule has 0 N–H and O–H groups in total. The van der Waals surface area contributed by atoms with E-state index in [1.54, 1.807) is 0 Å². The van der Waals surface area contributed by atoms with E-state index in [-0.39, 0.29) is 0 Å². The van der Waals surface area contributed by atoms with E-state index in [4.69, 9.17) is 25.1 Å². The molecule has 3 heterocycles. The Hall–Kier alpha value is -2.83. The minimum atomic E-state index is 0.591. The molecule has 0 amide bonds. The fourth-order valence-corrected chi connectivity index (χ4v) is 6.03. The fraction of sp³-hybridized carbons (Fsp3) is 0.718. The lowest BCUT2D eigenvalue weighted by Gasteiger charge is -2.11. The second kappa shape index (κ2) is 23.5. The quantitative estimate of drug-likeness (QED) is 0.0816. The topological polar surface area (TPSA) is 90.2 Å². The van der Waals surface area contributed by atoms with Crippen LogP contribution < -0.4 is 0 Å². The highest BCUT2D eigenvalue weighted by Gasteiger charge is 2.16. The van der Waals surface area contributed by atoms with Crippen LogP contribution in [0.3, 0.4) is 0 Å². The third kappa shape index (κ3) is 13.9. The molecule has 0 bridgehead atoms. The number of nitrogens with zero attached hydrogens (tertiary/aromatic N) is 7. The van der Waals surface area contributed by atoms with E-state index in [1.165, 1.54) is 103 Å². The van der Waals surface area contributed by atoms with E-state index in [0.29, 0.717) is 11.6 Å². The van der Waals surface area contributed by atoms with Crippen molar-refractivity contribution in [3.63, 3.8) is 0 Å². The number of aromatic nitrogens is 7. The average Bonchev–Trinajstić information content (AvgIpc) is 3.08. The lowest BCUT2D eigenvalue weighted by molar-refractivity contribution is 0.606. The highest BCUT2D eigenvalue weighted by atomic mass is 15.2. The van der Waals surface area contributed by atoms with E-state index in [9.17, 15) is 0 Å². The van der Waals surface area contributed by atoms with Crippen molar-refractivity contribution in [1.82, 2.24) is 35.3 Å². The fourth-order valence-electron chi connectivity index (χ4n) is 6.03. The Kier molecular flexibility index (Phi) is 19.2. The molecular weight excluding hydrogens is 566 g/mol. The normalized spacial score (nSPS) is 11.4. The number of hydrogen-bond acceptors (Lipinski definition) is 7. The SMILES string of the molecule is CCCCCCCc1nnc(-c2cccc(-c3nnc(CCCCCCC)c(CCCCCCC)n3)n2)nc1CCCCCCC. The minimum Gasteiger partial charge on any atom is -0.241 e. The first-order chi connectivity index (χ1) is 22.7. The summed E-state index contributed by atoms with van der Waals surface area (Å²) in [6, 6.07) is 5.95. The van der Waals surface area contributed by atoms with Crippen LogP contribution >= 0.6 is 0 Å². The Bertz CT molecular complexity index is 1140. The number of rotatable bonds is 26. The summed E-state index contributed by atoms with van der Waals surface area (Å²) in [5.74, 6) is 1.18. The van der Waals surface area contributed by atoms with Gasteiger partial charge in [-0.25, -0.2) is 15.0 Å². The average molecular weight is 630 g/mol. The van der Waals surface area contributed by atoms with Gasteiger partial charge in [0.25, 0.3) is 0 Å². The lowest BCUT2D eigenvalue weighted by Crippen LogP contribution is -2.09. The molecular formula is C39H63N7. The van der Waals surface area contributed by atoms with Crippen molar-refractivity contribution >= 4 is 0 Å². The first kappa shape index (κ1) is 37.6. The zero-order valence-electron chi connectivity index (χ0n) is 29.8. The van der Waals surface area contributed by atoms with Gasteiger partial charge >= 0.3 is 0 Å². The molecule has 3 aromatic heterocycles. The van der Waals surface area contributed by atoms with Crippen LogP contribution in [-0.4, -0.2) is 35.3 Å². The monoisotopic (exact) mass is 630 g/mol. The standard InChI is InChI=1S/C39H63N7/c1-5-9-13-17-21-26-32-34(28-23-19-15-11-7-3)43-45-38(41-32)36-30-25-31-37(40-36)39-42-33(27-22-18-14-10-6-2)35(44-46-39)29-24-20-16-12-8-4/h25,30-31H,5-24,26-29H2,1-4H3. The summed E-state index contributed by atoms with van der Waals surface area (Å²) in [6.07, 6.45) is 28.7. The molecule has 254 valence electrons. The molecule has 0 unspecified atom stereocenters. The van der Waals surface area contributed by atoms with Crippen LogP contribution in [0, 0.1) is 0 Å². The van der Waals surface area contributed by atoms with Gasteiger partial charge < -0.3 is 0 Å². The van der Waals surface area contributed by atoms with E-state index < -0.39 is 0 Å². The minimum absolute atomic E-state index is 0.591. The maximum atomic E-state index is 5.07. The number of pyridine rings is 1. The summed E-state index contributed by atoms with van der Waals surface area (Å²) in [5, 5.41) is 18.6. The summed E-state index contributed by atoms with van der Waals surface area (Å²) in [6.45, 7) is 9.05. The number of hydrogen-bond donors (Lipinski definition) is 0. The Labute approximate surface area is 280 Å². The maximum absolute atomic E-state index is 5.07. The van der Waals surface area contributed by atoms with Gasteiger partial charge in [-0.2, -0.15) is 10.2 Å². The summed E-state index contributed by atoms with van der Waals surface area (Å²) < 4.78 is 0. The van der Waals surface area contributed by atoms with Crippen LogP contribution in [0.2, 0.25) is 0 Å². The van der Waals surface area contributed by atoms with Crippen LogP contribution in [0.15, 0.2) is 18.2 Å². The lowest BCUT2D eigenvalue weighted by atomic mass is 10.0. The molecule has 0 aliphatic carbocycles. The number of unbranched alkanes of at least 4 members (excludes halogenated alkanes) is 16. The van der Waals surface area contributed by atoms with Crippen LogP contribution in [0.4, 0.5) is 0 Å². The van der Waals surface area contributed by atoms with Crippen molar-refractivity contribution in [3.05, 3.63) is 41.0 Å². The van der Waals surface area contributed by atoms with Crippen LogP contribution in [0.1, 0.15) is 179 Å². The van der Waals surface area contributed by atoms with Gasteiger partial charge in [-0.05, 0) is 63.5 Å². The van der Waals surface area contributed by atoms with Crippen LogP contribution in [-0.2, 0) is 25.7 Å². The molecule has 7 nitrogen and oxygen atoms in total. The van der Waals surface area contributed by atoms with E-state index in [0.717, 1.165) is 85.5 Å². The van der Waals surface area contributed by atoms with E-state index >= 15 is 0 Å². The largest absolute Gasteiger partial charge is 0.241 e. The van der Waals surface area contributed by atoms with Crippen molar-refractivity contribution in [2.75, 3.05) is 0 Å². The highest BCUT2D eigenvalue weighted by molar-refractivity contribution is 5.57. The highest BCUT2D eigenvalue weighted by Crippen LogP contribution is 2.22. The Morgan fingerprint density at radius 2 is 0.674 bits per heavy atom. The van der Waals surface area contributed by atoms with Gasteiger partial charge in [-0.15, -0.1) is 10.2 Å². The Morgan fingerprint density at radius 3 is 1.02 bits per heavy atom. The molecule has 0 fully saturated rings. The molecule has 0 radical (unpaired) electrons. The van der Waals surface area contributed by atoms with Gasteiger partial charge in [0.2, 0.25) is 11.6 Å². The molecule has 0 spiro atoms. The van der Waals surface area contributed by atoms with Crippen molar-refractivity contribution in [3.8, 4) is 23.0 Å². The zero-order chi connectivity index (χ0) is 32.7. The van der Waals surface area contributed by atoms with Gasteiger partial charge in [0.15, 0.2) is 0 Å². The molecule has 0 aliphatic rings. The predicted molar refractivity (Wildman–Crippen MR) is 192 cm³/mol. The van der Waals surface area contributed by atoms with Crippen LogP contribution in [0.5, 0.6) is 0 Å². The molecule has 0 aliphatic heterocycles. The number of aryl methyl sites for hydroxylation is 4. The third-order valence-corrected chi connectivity index (χ3v) is 8.95. The van der Waals surface area contributed by atoms with Crippen LogP contribution in [0.25, 0.3) is 23.0 Å². The van der Waals surface area contributed by atoms with Gasteiger partial charge in [-0.3, -0.25) is 0 Å². The maximum Gasteiger partial charge on any atom is 0.200 e. The summed E-state index contributed by atoms with van der Waals surface area (Å²) in [5.41, 5.74) is 5.75. The molecule has 0 saturated heterocycles. The van der Waals surface area contributed by atoms with E-state index in [1.807, 2.05) is 18.2 Å². The molecule has 0 saturated carbocycles. The summed E-state index contributed by atoms with van der Waals surface area (Å²) in [7, 11) is 0. The zero-order valence-corrected chi connectivity index (χ0v) is 29.8. The third-order valence-electron chi connectivity index (χ3n) is 8.95. The van der Waals surface area contributed by atoms with Gasteiger partial charge in [0.1, 0.15) is 11.4 Å². The molecule has 7 heteroatoms. The van der Waals surface area contributed by atoms with Gasteiger partial charge in [-0.1, -0.05) is 136 Å². The summed E-state index contributed by atoms with van der Waals surface area (Å²) >= 11 is 0. The molecule has 3 rings (SSSR count). The molecule has 3 aromatic rings. The predicted octanol–water partition coefficient (Wildman–Crippen LogP) is 10.8. The molecule has 0 aromatic carbocycles. The van der Waals surface area contributed by atoms with Crippen molar-refractivity contribution in [1.29, 1.82) is 0 Å². The summed E-state index contributed by atoms with van der Waals surface area (Å²) in [4.78, 5) is 15.1. The Balaban J connectivity index is 1.80. The van der Waals surface area contributed by atoms with Crippen molar-refractivity contribution in [2.45, 2.75) is 182 Å². The smallest absolute Gasteiger partial charge is 0.200 e. The first-order valence-electron chi connectivity index (χ1n) is 19.1. The van der Waals surface area contributed by atoms with Gasteiger partial charge in [0.05, 0.1) is 22.8 Å². The van der Waals surface area contributed by atoms with E-state index in [2.05, 4.69) is 37.9 Å². The second-order valence-electron chi connectivity index (χ2n) is 13.1. The first-order valence-corrected chi connectivity index (χ1v) is 19.1. The van der Waals surface area contributed by atoms with Crippen molar-refractivity contribution < 1.29 is 0 Å². The van der Waals surface area contributed by atoms with Crippen molar-refractivity contribution in [2.24, 2.45) is 0 Å².